The molecule has 1 N–H and O–H groups in total. The number of aliphatic hydroxyl groups excluding tert-OH is 1. The number of hydrogen-bond donors (Lipinski definition) is 1. The molecule has 0 radical (unpaired) electrons. The summed E-state index contributed by atoms with van der Waals surface area (Å²) in [5.41, 5.74) is 0.210. The molecule has 100 valence electrons. The van der Waals surface area contributed by atoms with E-state index < -0.39 is 0 Å². The normalized spacial score (nSPS) is 30.0. The summed E-state index contributed by atoms with van der Waals surface area (Å²) >= 11 is 0. The van der Waals surface area contributed by atoms with E-state index in [1.807, 2.05) is 6.92 Å². The monoisotopic (exact) mass is 241 g/mol. The molecule has 2 aliphatic rings. The van der Waals surface area contributed by atoms with Crippen molar-refractivity contribution in [2.24, 2.45) is 0 Å². The Morgan fingerprint density at radius 3 is 2.76 bits per heavy atom. The van der Waals surface area contributed by atoms with Gasteiger partial charge in [0.25, 0.3) is 0 Å². The van der Waals surface area contributed by atoms with Crippen molar-refractivity contribution >= 4 is 0 Å². The molecule has 2 atom stereocenters. The lowest BCUT2D eigenvalue weighted by atomic mass is 9.88. The zero-order chi connectivity index (χ0) is 12.3. The number of nitrogens with zero attached hydrogens (tertiary/aromatic N) is 1. The molecule has 0 aromatic carbocycles. The summed E-state index contributed by atoms with van der Waals surface area (Å²) in [6.45, 7) is 3.79. The zero-order valence-electron chi connectivity index (χ0n) is 11.3. The Labute approximate surface area is 105 Å². The first-order valence-corrected chi connectivity index (χ1v) is 7.14. The third kappa shape index (κ3) is 3.43. The molecule has 0 aromatic heterocycles. The van der Waals surface area contributed by atoms with E-state index in [0.29, 0.717) is 6.04 Å². The van der Waals surface area contributed by atoms with Crippen LogP contribution in [-0.4, -0.2) is 48.0 Å². The fourth-order valence-electron chi connectivity index (χ4n) is 3.32. The van der Waals surface area contributed by atoms with E-state index in [1.54, 1.807) is 0 Å². The van der Waals surface area contributed by atoms with E-state index in [9.17, 15) is 5.11 Å². The molecule has 1 saturated carbocycles. The van der Waals surface area contributed by atoms with Crippen LogP contribution in [0, 0.1) is 0 Å². The Morgan fingerprint density at radius 1 is 1.41 bits per heavy atom. The molecule has 3 nitrogen and oxygen atoms in total. The topological polar surface area (TPSA) is 32.7 Å². The van der Waals surface area contributed by atoms with Crippen molar-refractivity contribution in [3.05, 3.63) is 0 Å². The van der Waals surface area contributed by atoms with Crippen LogP contribution in [0.25, 0.3) is 0 Å². The summed E-state index contributed by atoms with van der Waals surface area (Å²) in [6, 6.07) is 0.653. The van der Waals surface area contributed by atoms with Crippen molar-refractivity contribution in [1.29, 1.82) is 0 Å². The van der Waals surface area contributed by atoms with Crippen molar-refractivity contribution in [3.8, 4) is 0 Å². The first-order chi connectivity index (χ1) is 8.11. The molecule has 17 heavy (non-hydrogen) atoms. The van der Waals surface area contributed by atoms with Gasteiger partial charge in [-0.2, -0.15) is 0 Å². The molecule has 1 aliphatic carbocycles. The summed E-state index contributed by atoms with van der Waals surface area (Å²) in [5.74, 6) is 0. The van der Waals surface area contributed by atoms with Gasteiger partial charge in [0.05, 0.1) is 11.7 Å². The van der Waals surface area contributed by atoms with Gasteiger partial charge in [0.1, 0.15) is 0 Å². The molecule has 1 saturated heterocycles. The van der Waals surface area contributed by atoms with Crippen LogP contribution in [-0.2, 0) is 4.74 Å². The third-order valence-corrected chi connectivity index (χ3v) is 4.50. The molecule has 0 amide bonds. The van der Waals surface area contributed by atoms with Crippen molar-refractivity contribution < 1.29 is 9.84 Å². The number of hydrogen-bond acceptors (Lipinski definition) is 3. The molecule has 1 heterocycles. The maximum atomic E-state index is 9.35. The summed E-state index contributed by atoms with van der Waals surface area (Å²) in [6.07, 6.45) is 8.23. The van der Waals surface area contributed by atoms with Gasteiger partial charge in [0.15, 0.2) is 0 Å². The second-order valence-corrected chi connectivity index (χ2v) is 6.00. The molecular weight excluding hydrogens is 214 g/mol. The fraction of sp³-hybridized carbons (Fsp3) is 1.00. The van der Waals surface area contributed by atoms with Crippen LogP contribution in [0.1, 0.15) is 51.9 Å². The van der Waals surface area contributed by atoms with Gasteiger partial charge in [-0.05, 0) is 46.1 Å². The highest BCUT2D eigenvalue weighted by Crippen LogP contribution is 2.40. The quantitative estimate of drug-likeness (QED) is 0.819. The van der Waals surface area contributed by atoms with Crippen molar-refractivity contribution in [2.75, 3.05) is 20.2 Å². The molecule has 0 aromatic rings. The minimum absolute atomic E-state index is 0.183. The predicted octanol–water partition coefficient (Wildman–Crippen LogP) is 2.18. The van der Waals surface area contributed by atoms with E-state index in [1.165, 1.54) is 32.1 Å². The highest BCUT2D eigenvalue weighted by Gasteiger charge is 2.40. The maximum absolute atomic E-state index is 9.35. The van der Waals surface area contributed by atoms with Gasteiger partial charge in [-0.1, -0.05) is 12.8 Å². The van der Waals surface area contributed by atoms with Crippen LogP contribution in [0.4, 0.5) is 0 Å². The van der Waals surface area contributed by atoms with Crippen LogP contribution >= 0.6 is 0 Å². The lowest BCUT2D eigenvalue weighted by molar-refractivity contribution is -0.0993. The van der Waals surface area contributed by atoms with E-state index in [4.69, 9.17) is 4.74 Å². The third-order valence-electron chi connectivity index (χ3n) is 4.50. The van der Waals surface area contributed by atoms with Gasteiger partial charge in [0, 0.05) is 19.2 Å². The Bertz CT molecular complexity index is 236. The molecule has 2 fully saturated rings. The lowest BCUT2D eigenvalue weighted by Crippen LogP contribution is -2.46. The molecule has 2 unspecified atom stereocenters. The lowest BCUT2D eigenvalue weighted by Gasteiger charge is -2.42. The molecular formula is C14H27NO2. The average Bonchev–Trinajstić information content (AvgIpc) is 2.74. The zero-order valence-corrected chi connectivity index (χ0v) is 11.3. The van der Waals surface area contributed by atoms with Gasteiger partial charge < -0.3 is 14.7 Å². The second kappa shape index (κ2) is 5.68. The summed E-state index contributed by atoms with van der Waals surface area (Å²) in [4.78, 5) is 2.43. The van der Waals surface area contributed by atoms with E-state index in [0.717, 1.165) is 26.0 Å². The maximum Gasteiger partial charge on any atom is 0.0697 e. The molecule has 1 aliphatic heterocycles. The van der Waals surface area contributed by atoms with Gasteiger partial charge in [-0.3, -0.25) is 0 Å². The summed E-state index contributed by atoms with van der Waals surface area (Å²) < 4.78 is 6.06. The first-order valence-electron chi connectivity index (χ1n) is 7.14. The van der Waals surface area contributed by atoms with Crippen LogP contribution in [0.15, 0.2) is 0 Å². The largest absolute Gasteiger partial charge is 0.393 e. The highest BCUT2D eigenvalue weighted by atomic mass is 16.5. The van der Waals surface area contributed by atoms with Crippen molar-refractivity contribution in [1.82, 2.24) is 4.90 Å². The standard InChI is InChI=1S/C14H27NO2/c1-12(16)5-9-15(2)13-6-10-17-14(11-13)7-3-4-8-14/h12-13,16H,3-11H2,1-2H3. The predicted molar refractivity (Wildman–Crippen MR) is 69.1 cm³/mol. The Kier molecular flexibility index (Phi) is 4.45. The smallest absolute Gasteiger partial charge is 0.0697 e. The van der Waals surface area contributed by atoms with Crippen LogP contribution < -0.4 is 0 Å². The second-order valence-electron chi connectivity index (χ2n) is 6.00. The first kappa shape index (κ1) is 13.3. The van der Waals surface area contributed by atoms with E-state index in [-0.39, 0.29) is 11.7 Å². The van der Waals surface area contributed by atoms with Crippen LogP contribution in [0.2, 0.25) is 0 Å². The van der Waals surface area contributed by atoms with Gasteiger partial charge in [-0.25, -0.2) is 0 Å². The minimum Gasteiger partial charge on any atom is -0.393 e. The van der Waals surface area contributed by atoms with Gasteiger partial charge in [-0.15, -0.1) is 0 Å². The van der Waals surface area contributed by atoms with E-state index >= 15 is 0 Å². The summed E-state index contributed by atoms with van der Waals surface area (Å²) in [7, 11) is 2.20. The van der Waals surface area contributed by atoms with Crippen LogP contribution in [0.5, 0.6) is 0 Å². The number of ether oxygens (including phenoxy) is 1. The molecule has 0 bridgehead atoms. The number of aliphatic hydroxyl groups is 1. The van der Waals surface area contributed by atoms with Gasteiger partial charge >= 0.3 is 0 Å². The van der Waals surface area contributed by atoms with E-state index in [2.05, 4.69) is 11.9 Å². The SMILES string of the molecule is CC(O)CCN(C)C1CCOC2(CCCC2)C1. The van der Waals surface area contributed by atoms with Crippen molar-refractivity contribution in [2.45, 2.75) is 69.6 Å². The summed E-state index contributed by atoms with van der Waals surface area (Å²) in [5, 5.41) is 9.35. The van der Waals surface area contributed by atoms with Crippen molar-refractivity contribution in [3.63, 3.8) is 0 Å². The molecule has 1 spiro atoms. The average molecular weight is 241 g/mol. The number of rotatable bonds is 4. The van der Waals surface area contributed by atoms with Crippen LogP contribution in [0.3, 0.4) is 0 Å². The highest BCUT2D eigenvalue weighted by molar-refractivity contribution is 4.93. The molecule has 3 heteroatoms. The Balaban J connectivity index is 1.84. The fourth-order valence-corrected chi connectivity index (χ4v) is 3.32. The van der Waals surface area contributed by atoms with Gasteiger partial charge in [0.2, 0.25) is 0 Å². The molecule has 2 rings (SSSR count). The Hall–Kier alpha value is -0.120. The Morgan fingerprint density at radius 2 is 2.12 bits per heavy atom. The minimum atomic E-state index is -0.183.